The summed E-state index contributed by atoms with van der Waals surface area (Å²) in [6, 6.07) is 1.86. The lowest BCUT2D eigenvalue weighted by Gasteiger charge is -2.41. The quantitative estimate of drug-likeness (QED) is 0.905. The number of rotatable bonds is 5. The molecule has 1 N–H and O–H groups in total. The summed E-state index contributed by atoms with van der Waals surface area (Å²) in [5.74, 6) is -0.000993. The van der Waals surface area contributed by atoms with Gasteiger partial charge in [-0.05, 0) is 39.2 Å². The smallest absolute Gasteiger partial charge is 0.274 e. The second-order valence-electron chi connectivity index (χ2n) is 6.23. The zero-order valence-corrected chi connectivity index (χ0v) is 13.4. The number of aryl methyl sites for hydroxylation is 2. The molecule has 0 bridgehead atoms. The van der Waals surface area contributed by atoms with Gasteiger partial charge in [0.25, 0.3) is 5.91 Å². The van der Waals surface area contributed by atoms with E-state index in [0.29, 0.717) is 12.2 Å². The highest BCUT2D eigenvalue weighted by Gasteiger charge is 2.36. The summed E-state index contributed by atoms with van der Waals surface area (Å²) in [5, 5.41) is 14.2. The van der Waals surface area contributed by atoms with E-state index in [4.69, 9.17) is 0 Å². The van der Waals surface area contributed by atoms with Crippen molar-refractivity contribution in [3.8, 4) is 0 Å². The maximum Gasteiger partial charge on any atom is 0.274 e. The molecule has 1 amide bonds. The van der Waals surface area contributed by atoms with E-state index in [1.54, 1.807) is 0 Å². The summed E-state index contributed by atoms with van der Waals surface area (Å²) in [6.45, 7) is 8.47. The monoisotopic (exact) mass is 293 g/mol. The number of likely N-dealkylation sites (tertiary alicyclic amines) is 1. The SMILES string of the molecule is CCC[C@@]1(CO)CCCN(C(=O)c2cc(C)n(CC)n2)C1. The van der Waals surface area contributed by atoms with E-state index in [9.17, 15) is 9.90 Å². The minimum Gasteiger partial charge on any atom is -0.396 e. The Morgan fingerprint density at radius 2 is 2.24 bits per heavy atom. The summed E-state index contributed by atoms with van der Waals surface area (Å²) < 4.78 is 1.85. The third-order valence-corrected chi connectivity index (χ3v) is 4.56. The second-order valence-corrected chi connectivity index (χ2v) is 6.23. The molecule has 0 unspecified atom stereocenters. The zero-order valence-electron chi connectivity index (χ0n) is 13.4. The fourth-order valence-corrected chi connectivity index (χ4v) is 3.42. The van der Waals surface area contributed by atoms with Crippen LogP contribution in [0.3, 0.4) is 0 Å². The summed E-state index contributed by atoms with van der Waals surface area (Å²) >= 11 is 0. The van der Waals surface area contributed by atoms with Crippen LogP contribution in [0.15, 0.2) is 6.07 Å². The van der Waals surface area contributed by atoms with Gasteiger partial charge in [-0.3, -0.25) is 9.48 Å². The molecule has 1 atom stereocenters. The third-order valence-electron chi connectivity index (χ3n) is 4.56. The molecule has 0 aliphatic carbocycles. The van der Waals surface area contributed by atoms with E-state index in [0.717, 1.165) is 44.5 Å². The van der Waals surface area contributed by atoms with Crippen LogP contribution in [0.4, 0.5) is 0 Å². The van der Waals surface area contributed by atoms with Gasteiger partial charge in [0.2, 0.25) is 0 Å². The molecular formula is C16H27N3O2. The van der Waals surface area contributed by atoms with Crippen LogP contribution in [0.5, 0.6) is 0 Å². The van der Waals surface area contributed by atoms with Crippen LogP contribution >= 0.6 is 0 Å². The van der Waals surface area contributed by atoms with E-state index >= 15 is 0 Å². The predicted octanol–water partition coefficient (Wildman–Crippen LogP) is 2.23. The fourth-order valence-electron chi connectivity index (χ4n) is 3.42. The van der Waals surface area contributed by atoms with Crippen LogP contribution < -0.4 is 0 Å². The first kappa shape index (κ1) is 16.0. The number of aliphatic hydroxyl groups excluding tert-OH is 1. The molecule has 2 heterocycles. The number of hydrogen-bond acceptors (Lipinski definition) is 3. The average molecular weight is 293 g/mol. The molecule has 0 saturated carbocycles. The van der Waals surface area contributed by atoms with Gasteiger partial charge in [-0.25, -0.2) is 0 Å². The number of aromatic nitrogens is 2. The summed E-state index contributed by atoms with van der Waals surface area (Å²) in [5.41, 5.74) is 1.42. The standard InChI is InChI=1S/C16H27N3O2/c1-4-7-16(12-20)8-6-9-18(11-16)15(21)14-10-13(3)19(5-2)17-14/h10,20H,4-9,11-12H2,1-3H3/t16-/m1/s1. The lowest BCUT2D eigenvalue weighted by atomic mass is 9.77. The van der Waals surface area contributed by atoms with Crippen LogP contribution in [-0.4, -0.2) is 45.4 Å². The molecule has 5 heteroatoms. The molecule has 0 spiro atoms. The molecule has 1 aromatic rings. The molecule has 1 aliphatic heterocycles. The van der Waals surface area contributed by atoms with Crippen molar-refractivity contribution >= 4 is 5.91 Å². The molecule has 21 heavy (non-hydrogen) atoms. The van der Waals surface area contributed by atoms with Crippen molar-refractivity contribution < 1.29 is 9.90 Å². The van der Waals surface area contributed by atoms with Crippen LogP contribution in [0, 0.1) is 12.3 Å². The van der Waals surface area contributed by atoms with Crippen LogP contribution in [0.2, 0.25) is 0 Å². The fraction of sp³-hybridized carbons (Fsp3) is 0.750. The maximum absolute atomic E-state index is 12.7. The normalized spacial score (nSPS) is 22.6. The first-order chi connectivity index (χ1) is 10.0. The maximum atomic E-state index is 12.7. The van der Waals surface area contributed by atoms with Crippen molar-refractivity contribution in [2.24, 2.45) is 5.41 Å². The van der Waals surface area contributed by atoms with E-state index in [2.05, 4.69) is 12.0 Å². The second kappa shape index (κ2) is 6.60. The molecule has 5 nitrogen and oxygen atoms in total. The largest absolute Gasteiger partial charge is 0.396 e. The number of piperidine rings is 1. The molecule has 0 radical (unpaired) electrons. The summed E-state index contributed by atoms with van der Waals surface area (Å²) in [4.78, 5) is 14.5. The number of carbonyl (C=O) groups is 1. The van der Waals surface area contributed by atoms with Gasteiger partial charge < -0.3 is 10.0 Å². The van der Waals surface area contributed by atoms with E-state index in [1.165, 1.54) is 0 Å². The molecule has 2 rings (SSSR count). The lowest BCUT2D eigenvalue weighted by Crippen LogP contribution is -2.48. The van der Waals surface area contributed by atoms with Crippen LogP contribution in [-0.2, 0) is 6.54 Å². The van der Waals surface area contributed by atoms with Crippen molar-refractivity contribution in [1.29, 1.82) is 0 Å². The van der Waals surface area contributed by atoms with E-state index < -0.39 is 0 Å². The Bertz CT molecular complexity index is 494. The van der Waals surface area contributed by atoms with Crippen LogP contribution in [0.25, 0.3) is 0 Å². The number of carbonyl (C=O) groups excluding carboxylic acids is 1. The van der Waals surface area contributed by atoms with Crippen molar-refractivity contribution in [3.05, 3.63) is 17.5 Å². The molecule has 118 valence electrons. The topological polar surface area (TPSA) is 58.4 Å². The van der Waals surface area contributed by atoms with Gasteiger partial charge in [-0.15, -0.1) is 0 Å². The molecule has 1 aromatic heterocycles. The Morgan fingerprint density at radius 3 is 2.81 bits per heavy atom. The van der Waals surface area contributed by atoms with E-state index in [1.807, 2.05) is 29.5 Å². The number of aliphatic hydroxyl groups is 1. The number of hydrogen-bond donors (Lipinski definition) is 1. The Kier molecular flexibility index (Phi) is 5.04. The molecular weight excluding hydrogens is 266 g/mol. The number of amides is 1. The van der Waals surface area contributed by atoms with E-state index in [-0.39, 0.29) is 17.9 Å². The molecule has 1 aliphatic rings. The molecule has 1 fully saturated rings. The third kappa shape index (κ3) is 3.28. The van der Waals surface area contributed by atoms with Gasteiger partial charge in [0.1, 0.15) is 0 Å². The van der Waals surface area contributed by atoms with Gasteiger partial charge in [0, 0.05) is 30.7 Å². The minimum absolute atomic E-state index is 0.000993. The summed E-state index contributed by atoms with van der Waals surface area (Å²) in [6.07, 6.45) is 3.96. The first-order valence-corrected chi connectivity index (χ1v) is 8.00. The highest BCUT2D eigenvalue weighted by atomic mass is 16.3. The van der Waals surface area contributed by atoms with Gasteiger partial charge in [-0.2, -0.15) is 5.10 Å². The Labute approximate surface area is 126 Å². The van der Waals surface area contributed by atoms with Crippen LogP contribution in [0.1, 0.15) is 55.7 Å². The van der Waals surface area contributed by atoms with Gasteiger partial charge in [-0.1, -0.05) is 13.3 Å². The zero-order chi connectivity index (χ0) is 15.5. The highest BCUT2D eigenvalue weighted by Crippen LogP contribution is 2.34. The lowest BCUT2D eigenvalue weighted by molar-refractivity contribution is 0.0218. The predicted molar refractivity (Wildman–Crippen MR) is 82.2 cm³/mol. The van der Waals surface area contributed by atoms with Crippen molar-refractivity contribution in [2.75, 3.05) is 19.7 Å². The average Bonchev–Trinajstić information content (AvgIpc) is 2.88. The summed E-state index contributed by atoms with van der Waals surface area (Å²) in [7, 11) is 0. The molecule has 0 aromatic carbocycles. The Hall–Kier alpha value is -1.36. The Morgan fingerprint density at radius 1 is 1.48 bits per heavy atom. The van der Waals surface area contributed by atoms with Gasteiger partial charge >= 0.3 is 0 Å². The molecule has 1 saturated heterocycles. The first-order valence-electron chi connectivity index (χ1n) is 8.00. The highest BCUT2D eigenvalue weighted by molar-refractivity contribution is 5.92. The van der Waals surface area contributed by atoms with Crippen molar-refractivity contribution in [3.63, 3.8) is 0 Å². The minimum atomic E-state index is -0.120. The van der Waals surface area contributed by atoms with Gasteiger partial charge in [0.05, 0.1) is 6.61 Å². The van der Waals surface area contributed by atoms with Crippen molar-refractivity contribution in [2.45, 2.75) is 53.0 Å². The Balaban J connectivity index is 2.14. The van der Waals surface area contributed by atoms with Gasteiger partial charge in [0.15, 0.2) is 5.69 Å². The van der Waals surface area contributed by atoms with Crippen molar-refractivity contribution in [1.82, 2.24) is 14.7 Å². The number of nitrogens with zero attached hydrogens (tertiary/aromatic N) is 3.